The average Bonchev–Trinajstić information content (AvgIpc) is 2.41. The van der Waals surface area contributed by atoms with Crippen LogP contribution in [0, 0.1) is 16.7 Å². The van der Waals surface area contributed by atoms with E-state index in [0.717, 1.165) is 44.9 Å². The molecule has 5 heteroatoms. The highest BCUT2D eigenvalue weighted by Crippen LogP contribution is 2.42. The third-order valence-electron chi connectivity index (χ3n) is 4.27. The third-order valence-corrected chi connectivity index (χ3v) is 4.27. The Morgan fingerprint density at radius 3 is 2.19 bits per heavy atom. The normalized spacial score (nSPS) is 14.1. The first-order valence-corrected chi connectivity index (χ1v) is 8.06. The fourth-order valence-electron chi connectivity index (χ4n) is 2.97. The number of nitrogens with two attached hydrogens (primary N) is 3. The lowest BCUT2D eigenvalue weighted by atomic mass is 9.67. The van der Waals surface area contributed by atoms with Crippen molar-refractivity contribution in [1.29, 1.82) is 5.41 Å². The van der Waals surface area contributed by atoms with Gasteiger partial charge in [-0.2, -0.15) is 0 Å². The molecule has 1 radical (unpaired) electrons. The van der Waals surface area contributed by atoms with Crippen LogP contribution in [0.2, 0.25) is 0 Å². The molecule has 0 spiro atoms. The zero-order valence-corrected chi connectivity index (χ0v) is 13.7. The van der Waals surface area contributed by atoms with Crippen molar-refractivity contribution < 1.29 is 4.79 Å². The van der Waals surface area contributed by atoms with E-state index >= 15 is 0 Å². The van der Waals surface area contributed by atoms with E-state index in [4.69, 9.17) is 22.6 Å². The number of primary amides is 1. The maximum atomic E-state index is 12.1. The van der Waals surface area contributed by atoms with E-state index in [-0.39, 0.29) is 11.7 Å². The molecule has 7 N–H and O–H groups in total. The molecule has 21 heavy (non-hydrogen) atoms. The van der Waals surface area contributed by atoms with Gasteiger partial charge in [-0.15, -0.1) is 0 Å². The van der Waals surface area contributed by atoms with Crippen LogP contribution in [0.5, 0.6) is 0 Å². The van der Waals surface area contributed by atoms with E-state index in [1.54, 1.807) is 0 Å². The third kappa shape index (κ3) is 6.93. The highest BCUT2D eigenvalue weighted by molar-refractivity contribution is 5.83. The minimum atomic E-state index is -0.535. The van der Waals surface area contributed by atoms with Crippen molar-refractivity contribution in [2.24, 2.45) is 22.6 Å². The van der Waals surface area contributed by atoms with E-state index in [0.29, 0.717) is 19.4 Å². The summed E-state index contributed by atoms with van der Waals surface area (Å²) >= 11 is 0. The number of amidine groups is 1. The number of amides is 1. The quantitative estimate of drug-likeness (QED) is 0.237. The van der Waals surface area contributed by atoms with Crippen LogP contribution >= 0.6 is 0 Å². The number of hydrogen-bond acceptors (Lipinski definition) is 3. The van der Waals surface area contributed by atoms with Crippen molar-refractivity contribution in [3.8, 4) is 0 Å². The Kier molecular flexibility index (Phi) is 10.0. The molecule has 0 aliphatic heterocycles. The minimum Gasteiger partial charge on any atom is -0.388 e. The fourth-order valence-corrected chi connectivity index (χ4v) is 2.97. The van der Waals surface area contributed by atoms with Crippen molar-refractivity contribution in [1.82, 2.24) is 0 Å². The summed E-state index contributed by atoms with van der Waals surface area (Å²) in [5.74, 6) is 1.12. The average molecular weight is 297 g/mol. The van der Waals surface area contributed by atoms with Crippen LogP contribution in [-0.2, 0) is 4.79 Å². The molecule has 0 saturated carbocycles. The maximum Gasteiger partial charge on any atom is 0.224 e. The highest BCUT2D eigenvalue weighted by Gasteiger charge is 2.40. The van der Waals surface area contributed by atoms with Crippen molar-refractivity contribution >= 4 is 11.7 Å². The van der Waals surface area contributed by atoms with Crippen LogP contribution in [0.15, 0.2) is 0 Å². The number of nitrogens with one attached hydrogen (secondary N) is 1. The van der Waals surface area contributed by atoms with Crippen LogP contribution in [0.1, 0.15) is 71.6 Å². The summed E-state index contributed by atoms with van der Waals surface area (Å²) in [6.07, 6.45) is 7.73. The van der Waals surface area contributed by atoms with E-state index in [1.807, 2.05) is 0 Å². The van der Waals surface area contributed by atoms with Gasteiger partial charge in [-0.1, -0.05) is 33.1 Å². The first kappa shape index (κ1) is 19.9. The van der Waals surface area contributed by atoms with Gasteiger partial charge in [0.2, 0.25) is 5.91 Å². The van der Waals surface area contributed by atoms with E-state index in [1.165, 1.54) is 5.92 Å². The zero-order valence-electron chi connectivity index (χ0n) is 13.7. The van der Waals surface area contributed by atoms with Crippen molar-refractivity contribution in [3.05, 3.63) is 5.92 Å². The molecule has 1 atom stereocenters. The second-order valence-electron chi connectivity index (χ2n) is 5.95. The lowest BCUT2D eigenvalue weighted by Gasteiger charge is -2.36. The molecular weight excluding hydrogens is 264 g/mol. The van der Waals surface area contributed by atoms with Gasteiger partial charge in [0, 0.05) is 6.42 Å². The molecule has 0 aromatic rings. The van der Waals surface area contributed by atoms with Gasteiger partial charge in [0.05, 0.1) is 11.3 Å². The van der Waals surface area contributed by atoms with Gasteiger partial charge in [-0.05, 0) is 44.6 Å². The molecule has 0 aliphatic rings. The SMILES string of the molecule is CCCC(CCCC(=N)N)([C](C)CCCCCN)C(N)=O. The van der Waals surface area contributed by atoms with E-state index in [2.05, 4.69) is 13.8 Å². The molecule has 0 bridgehead atoms. The summed E-state index contributed by atoms with van der Waals surface area (Å²) in [4.78, 5) is 12.1. The van der Waals surface area contributed by atoms with Gasteiger partial charge in [0.25, 0.3) is 0 Å². The Hall–Kier alpha value is -1.10. The lowest BCUT2D eigenvalue weighted by Crippen LogP contribution is -2.41. The molecule has 1 unspecified atom stereocenters. The number of carbonyl (C=O) groups excluding carboxylic acids is 1. The van der Waals surface area contributed by atoms with Crippen molar-refractivity contribution in [2.45, 2.75) is 71.6 Å². The van der Waals surface area contributed by atoms with Crippen LogP contribution in [0.25, 0.3) is 0 Å². The lowest BCUT2D eigenvalue weighted by molar-refractivity contribution is -0.127. The molecule has 0 saturated heterocycles. The van der Waals surface area contributed by atoms with E-state index < -0.39 is 5.41 Å². The molecule has 0 rings (SSSR count). The maximum absolute atomic E-state index is 12.1. The Balaban J connectivity index is 4.73. The van der Waals surface area contributed by atoms with Gasteiger partial charge < -0.3 is 17.2 Å². The second-order valence-corrected chi connectivity index (χ2v) is 5.95. The number of unbranched alkanes of at least 4 members (excludes halogenated alkanes) is 2. The Morgan fingerprint density at radius 2 is 1.71 bits per heavy atom. The summed E-state index contributed by atoms with van der Waals surface area (Å²) in [5, 5.41) is 7.32. The molecule has 5 nitrogen and oxygen atoms in total. The largest absolute Gasteiger partial charge is 0.388 e. The molecule has 0 heterocycles. The predicted octanol–water partition coefficient (Wildman–Crippen LogP) is 2.48. The molecule has 0 fully saturated rings. The molecule has 1 amide bonds. The first-order chi connectivity index (χ1) is 9.90. The van der Waals surface area contributed by atoms with Crippen LogP contribution in [0.3, 0.4) is 0 Å². The molecule has 0 aliphatic carbocycles. The van der Waals surface area contributed by atoms with Crippen molar-refractivity contribution in [3.63, 3.8) is 0 Å². The molecular formula is C16H33N4O. The predicted molar refractivity (Wildman–Crippen MR) is 88.7 cm³/mol. The Morgan fingerprint density at radius 1 is 1.05 bits per heavy atom. The highest BCUT2D eigenvalue weighted by atomic mass is 16.1. The van der Waals surface area contributed by atoms with Crippen LogP contribution in [-0.4, -0.2) is 18.3 Å². The second kappa shape index (κ2) is 10.6. The Bertz CT molecular complexity index is 319. The van der Waals surface area contributed by atoms with Gasteiger partial charge in [-0.3, -0.25) is 10.2 Å². The summed E-state index contributed by atoms with van der Waals surface area (Å²) in [7, 11) is 0. The molecule has 0 aromatic carbocycles. The summed E-state index contributed by atoms with van der Waals surface area (Å²) in [6, 6.07) is 0. The number of rotatable bonds is 13. The first-order valence-electron chi connectivity index (χ1n) is 8.06. The number of carbonyl (C=O) groups is 1. The summed E-state index contributed by atoms with van der Waals surface area (Å²) < 4.78 is 0. The van der Waals surface area contributed by atoms with Gasteiger partial charge in [0.15, 0.2) is 0 Å². The molecule has 0 aromatic heterocycles. The zero-order chi connectivity index (χ0) is 16.3. The summed E-state index contributed by atoms with van der Waals surface area (Å²) in [5.41, 5.74) is 16.1. The molecule has 123 valence electrons. The minimum absolute atomic E-state index is 0.172. The Labute approximate surface area is 129 Å². The van der Waals surface area contributed by atoms with Crippen molar-refractivity contribution in [2.75, 3.05) is 6.54 Å². The van der Waals surface area contributed by atoms with E-state index in [9.17, 15) is 4.79 Å². The fraction of sp³-hybridized carbons (Fsp3) is 0.812. The van der Waals surface area contributed by atoms with Crippen LogP contribution in [0.4, 0.5) is 0 Å². The van der Waals surface area contributed by atoms with Gasteiger partial charge in [-0.25, -0.2) is 0 Å². The van der Waals surface area contributed by atoms with Gasteiger partial charge in [0.1, 0.15) is 0 Å². The van der Waals surface area contributed by atoms with Gasteiger partial charge >= 0.3 is 0 Å². The standard InChI is InChI=1S/C16H33N4O/c1-3-10-16(15(20)21,11-7-9-14(18)19)13(2)8-5-4-6-12-17/h3-12,17H2,1-2H3,(H3,18,19)(H2,20,21). The number of hydrogen-bond donors (Lipinski definition) is 4. The smallest absolute Gasteiger partial charge is 0.224 e. The topological polar surface area (TPSA) is 119 Å². The summed E-state index contributed by atoms with van der Waals surface area (Å²) in [6.45, 7) is 4.84. The van der Waals surface area contributed by atoms with Crippen LogP contribution < -0.4 is 17.2 Å². The monoisotopic (exact) mass is 297 g/mol.